The van der Waals surface area contributed by atoms with E-state index >= 15 is 0 Å². The van der Waals surface area contributed by atoms with Crippen LogP contribution in [0.5, 0.6) is 5.88 Å². The maximum Gasteiger partial charge on any atom is 0.422 e. The van der Waals surface area contributed by atoms with Crippen molar-refractivity contribution >= 4 is 11.9 Å². The molecule has 1 aliphatic rings. The van der Waals surface area contributed by atoms with E-state index in [9.17, 15) is 27.9 Å². The second kappa shape index (κ2) is 7.06. The first-order valence-corrected chi connectivity index (χ1v) is 7.43. The molecule has 9 heteroatoms. The van der Waals surface area contributed by atoms with Crippen LogP contribution < -0.4 is 10.1 Å². The highest BCUT2D eigenvalue weighted by Gasteiger charge is 2.41. The van der Waals surface area contributed by atoms with Gasteiger partial charge < -0.3 is 15.2 Å². The van der Waals surface area contributed by atoms with Crippen LogP contribution in [0.15, 0.2) is 18.3 Å². The fraction of sp³-hybridized carbons (Fsp3) is 0.533. The normalized spacial score (nSPS) is 17.1. The molecule has 2 rings (SSSR count). The van der Waals surface area contributed by atoms with E-state index in [1.165, 1.54) is 6.07 Å². The molecular weight excluding hydrogens is 329 g/mol. The molecule has 0 radical (unpaired) electrons. The number of carbonyl (C=O) groups excluding carboxylic acids is 1. The minimum absolute atomic E-state index is 0.0561. The lowest BCUT2D eigenvalue weighted by atomic mass is 9.81. The van der Waals surface area contributed by atoms with Crippen LogP contribution >= 0.6 is 0 Å². The molecule has 6 nitrogen and oxygen atoms in total. The Labute approximate surface area is 136 Å². The van der Waals surface area contributed by atoms with E-state index in [1.54, 1.807) is 0 Å². The molecule has 132 valence electrons. The highest BCUT2D eigenvalue weighted by Crippen LogP contribution is 2.29. The summed E-state index contributed by atoms with van der Waals surface area (Å²) in [6.07, 6.45) is -0.420. The Balaban J connectivity index is 2.02. The van der Waals surface area contributed by atoms with Crippen LogP contribution in [0, 0.1) is 0 Å². The molecule has 0 unspecified atom stereocenters. The number of carboxylic acids is 1. The van der Waals surface area contributed by atoms with Gasteiger partial charge in [0.2, 0.25) is 5.88 Å². The number of carboxylic acid groups (broad SMARTS) is 1. The summed E-state index contributed by atoms with van der Waals surface area (Å²) in [6.45, 7) is -1.48. The van der Waals surface area contributed by atoms with Crippen molar-refractivity contribution in [3.8, 4) is 5.88 Å². The quantitative estimate of drug-likeness (QED) is 0.855. The van der Waals surface area contributed by atoms with Crippen LogP contribution in [0.4, 0.5) is 13.2 Å². The molecule has 1 heterocycles. The van der Waals surface area contributed by atoms with Crippen molar-refractivity contribution < 1.29 is 32.6 Å². The van der Waals surface area contributed by atoms with Gasteiger partial charge in [0.1, 0.15) is 5.54 Å². The van der Waals surface area contributed by atoms with Crippen LogP contribution in [0.25, 0.3) is 0 Å². The van der Waals surface area contributed by atoms with Gasteiger partial charge in [-0.3, -0.25) is 4.79 Å². The van der Waals surface area contributed by atoms with E-state index in [2.05, 4.69) is 15.0 Å². The highest BCUT2D eigenvalue weighted by molar-refractivity contribution is 5.97. The Bertz CT molecular complexity index is 596. The lowest BCUT2D eigenvalue weighted by molar-refractivity contribution is -0.154. The third-order valence-electron chi connectivity index (χ3n) is 3.85. The number of nitrogens with zero attached hydrogens (tertiary/aromatic N) is 1. The van der Waals surface area contributed by atoms with Gasteiger partial charge in [0, 0.05) is 12.3 Å². The zero-order valence-electron chi connectivity index (χ0n) is 12.7. The first-order chi connectivity index (χ1) is 11.2. The lowest BCUT2D eigenvalue weighted by Crippen LogP contribution is -2.55. The topological polar surface area (TPSA) is 88.5 Å². The van der Waals surface area contributed by atoms with Crippen molar-refractivity contribution in [2.75, 3.05) is 6.61 Å². The van der Waals surface area contributed by atoms with Crippen LogP contribution in [0.3, 0.4) is 0 Å². The van der Waals surface area contributed by atoms with Gasteiger partial charge in [0.05, 0.1) is 5.56 Å². The number of aromatic nitrogens is 1. The van der Waals surface area contributed by atoms with Crippen molar-refractivity contribution in [3.63, 3.8) is 0 Å². The van der Waals surface area contributed by atoms with Crippen molar-refractivity contribution in [2.45, 2.75) is 43.8 Å². The maximum absolute atomic E-state index is 12.2. The zero-order valence-corrected chi connectivity index (χ0v) is 12.7. The second-order valence-electron chi connectivity index (χ2n) is 5.69. The molecule has 0 aliphatic heterocycles. The van der Waals surface area contributed by atoms with E-state index in [4.69, 9.17) is 0 Å². The Morgan fingerprint density at radius 2 is 1.92 bits per heavy atom. The van der Waals surface area contributed by atoms with Gasteiger partial charge in [0.15, 0.2) is 6.61 Å². The molecule has 1 aromatic rings. The van der Waals surface area contributed by atoms with Crippen molar-refractivity contribution in [1.82, 2.24) is 10.3 Å². The molecule has 0 bridgehead atoms. The summed E-state index contributed by atoms with van der Waals surface area (Å²) >= 11 is 0. The predicted molar refractivity (Wildman–Crippen MR) is 76.7 cm³/mol. The van der Waals surface area contributed by atoms with E-state index in [1.807, 2.05) is 0 Å². The second-order valence-corrected chi connectivity index (χ2v) is 5.69. The van der Waals surface area contributed by atoms with Crippen molar-refractivity contribution in [3.05, 3.63) is 23.9 Å². The van der Waals surface area contributed by atoms with Gasteiger partial charge in [-0.15, -0.1) is 0 Å². The number of ether oxygens (including phenoxy) is 1. The Morgan fingerprint density at radius 3 is 2.42 bits per heavy atom. The third kappa shape index (κ3) is 4.59. The van der Waals surface area contributed by atoms with Crippen LogP contribution in [0.2, 0.25) is 0 Å². The first-order valence-electron chi connectivity index (χ1n) is 7.43. The first kappa shape index (κ1) is 18.0. The number of nitrogens with one attached hydrogen (secondary N) is 1. The summed E-state index contributed by atoms with van der Waals surface area (Å²) in [5.41, 5.74) is -1.25. The molecule has 0 saturated heterocycles. The standard InChI is InChI=1S/C15H17F3N2O4/c16-15(17,18)9-24-11-5-4-10(8-19-11)12(21)20-14(13(22)23)6-2-1-3-7-14/h4-5,8H,1-3,6-7,9H2,(H,20,21)(H,22,23). The van der Waals surface area contributed by atoms with Gasteiger partial charge in [-0.2, -0.15) is 13.2 Å². The largest absolute Gasteiger partial charge is 0.480 e. The number of hydrogen-bond acceptors (Lipinski definition) is 4. The van der Waals surface area contributed by atoms with Gasteiger partial charge >= 0.3 is 12.1 Å². The number of halogens is 3. The average Bonchev–Trinajstić information content (AvgIpc) is 2.53. The molecule has 1 fully saturated rings. The molecule has 24 heavy (non-hydrogen) atoms. The van der Waals surface area contributed by atoms with Gasteiger partial charge in [0.25, 0.3) is 5.91 Å². The van der Waals surface area contributed by atoms with Crippen molar-refractivity contribution in [1.29, 1.82) is 0 Å². The van der Waals surface area contributed by atoms with E-state index in [-0.39, 0.29) is 11.4 Å². The minimum Gasteiger partial charge on any atom is -0.480 e. The molecule has 0 aromatic carbocycles. The molecule has 1 aliphatic carbocycles. The van der Waals surface area contributed by atoms with E-state index in [0.717, 1.165) is 18.7 Å². The smallest absolute Gasteiger partial charge is 0.422 e. The third-order valence-corrected chi connectivity index (χ3v) is 3.85. The van der Waals surface area contributed by atoms with Gasteiger partial charge in [-0.1, -0.05) is 19.3 Å². The zero-order chi connectivity index (χ0) is 17.8. The summed E-state index contributed by atoms with van der Waals surface area (Å²) in [5.74, 6) is -1.99. The molecule has 1 amide bonds. The monoisotopic (exact) mass is 346 g/mol. The van der Waals surface area contributed by atoms with Crippen LogP contribution in [-0.4, -0.2) is 40.3 Å². The number of carbonyl (C=O) groups is 2. The summed E-state index contributed by atoms with van der Waals surface area (Å²) in [7, 11) is 0. The SMILES string of the molecule is O=C(NC1(C(=O)O)CCCCC1)c1ccc(OCC(F)(F)F)nc1. The lowest BCUT2D eigenvalue weighted by Gasteiger charge is -2.33. The number of amides is 1. The highest BCUT2D eigenvalue weighted by atomic mass is 19.4. The minimum atomic E-state index is -4.48. The van der Waals surface area contributed by atoms with E-state index in [0.29, 0.717) is 25.7 Å². The summed E-state index contributed by atoms with van der Waals surface area (Å²) < 4.78 is 40.6. The summed E-state index contributed by atoms with van der Waals surface area (Å²) in [4.78, 5) is 27.4. The van der Waals surface area contributed by atoms with Gasteiger partial charge in [-0.05, 0) is 18.9 Å². The van der Waals surface area contributed by atoms with Crippen LogP contribution in [0.1, 0.15) is 42.5 Å². The Morgan fingerprint density at radius 1 is 1.25 bits per heavy atom. The van der Waals surface area contributed by atoms with Crippen LogP contribution in [-0.2, 0) is 4.79 Å². The van der Waals surface area contributed by atoms with Gasteiger partial charge in [-0.25, -0.2) is 9.78 Å². The number of aliphatic carboxylic acids is 1. The molecule has 0 spiro atoms. The number of pyridine rings is 1. The molecular formula is C15H17F3N2O4. The number of rotatable bonds is 5. The van der Waals surface area contributed by atoms with Crippen molar-refractivity contribution in [2.24, 2.45) is 0 Å². The number of alkyl halides is 3. The summed E-state index contributed by atoms with van der Waals surface area (Å²) in [5, 5.41) is 11.9. The van der Waals surface area contributed by atoms with E-state index < -0.39 is 30.2 Å². The Kier molecular flexibility index (Phi) is 5.30. The average molecular weight is 346 g/mol. The maximum atomic E-state index is 12.2. The molecule has 1 saturated carbocycles. The summed E-state index contributed by atoms with van der Waals surface area (Å²) in [6, 6.07) is 2.38. The molecule has 2 N–H and O–H groups in total. The molecule has 0 atom stereocenters. The molecule has 1 aromatic heterocycles. The fourth-order valence-corrected chi connectivity index (χ4v) is 2.59. The Hall–Kier alpha value is -2.32. The number of hydrogen-bond donors (Lipinski definition) is 2. The fourth-order valence-electron chi connectivity index (χ4n) is 2.59. The predicted octanol–water partition coefficient (Wildman–Crippen LogP) is 2.54.